The molecule has 0 saturated carbocycles. The smallest absolute Gasteiger partial charge is 0.409 e. The highest BCUT2D eigenvalue weighted by Crippen LogP contribution is 2.27. The van der Waals surface area contributed by atoms with Gasteiger partial charge in [-0.2, -0.15) is 0 Å². The molecule has 2 rings (SSSR count). The molecule has 6 nitrogen and oxygen atoms in total. The minimum Gasteiger partial charge on any atom is -0.444 e. The SMILES string of the molecule is CC(C)(C)OC(=O)NC(C)(C)O[C@@H](CCF)c1ccc(-n2ccnc2)cc1. The first-order valence-electron chi connectivity index (χ1n) is 8.93. The van der Waals surface area contributed by atoms with Crippen molar-refractivity contribution in [2.45, 2.75) is 58.5 Å². The zero-order chi connectivity index (χ0) is 20.1. The molecule has 7 heteroatoms. The molecule has 2 aromatic rings. The molecular weight excluding hydrogens is 349 g/mol. The summed E-state index contributed by atoms with van der Waals surface area (Å²) < 4.78 is 26.2. The van der Waals surface area contributed by atoms with Crippen LogP contribution in [0.1, 0.15) is 52.7 Å². The van der Waals surface area contributed by atoms with E-state index in [1.165, 1.54) is 0 Å². The van der Waals surface area contributed by atoms with E-state index in [1.54, 1.807) is 47.1 Å². The van der Waals surface area contributed by atoms with E-state index in [2.05, 4.69) is 10.3 Å². The van der Waals surface area contributed by atoms with Gasteiger partial charge in [0.1, 0.15) is 11.3 Å². The fraction of sp³-hybridized carbons (Fsp3) is 0.500. The number of aromatic nitrogens is 2. The topological polar surface area (TPSA) is 65.4 Å². The molecule has 1 aromatic carbocycles. The van der Waals surface area contributed by atoms with Crippen molar-refractivity contribution in [1.29, 1.82) is 0 Å². The zero-order valence-electron chi connectivity index (χ0n) is 16.5. The van der Waals surface area contributed by atoms with Crippen molar-refractivity contribution < 1.29 is 18.7 Å². The van der Waals surface area contributed by atoms with Gasteiger partial charge in [0, 0.05) is 24.5 Å². The van der Waals surface area contributed by atoms with Crippen molar-refractivity contribution in [3.8, 4) is 5.69 Å². The second kappa shape index (κ2) is 8.52. The number of benzene rings is 1. The minimum atomic E-state index is -1.02. The lowest BCUT2D eigenvalue weighted by atomic mass is 10.1. The summed E-state index contributed by atoms with van der Waals surface area (Å²) in [6.07, 6.45) is 4.35. The number of alkyl halides is 1. The summed E-state index contributed by atoms with van der Waals surface area (Å²) in [6, 6.07) is 7.61. The van der Waals surface area contributed by atoms with E-state index < -0.39 is 30.2 Å². The summed E-state index contributed by atoms with van der Waals surface area (Å²) in [4.78, 5) is 16.1. The van der Waals surface area contributed by atoms with Crippen molar-refractivity contribution >= 4 is 6.09 Å². The highest BCUT2D eigenvalue weighted by atomic mass is 19.1. The monoisotopic (exact) mass is 377 g/mol. The molecule has 0 saturated heterocycles. The third kappa shape index (κ3) is 6.67. The molecule has 1 aromatic heterocycles. The molecule has 1 atom stereocenters. The van der Waals surface area contributed by atoms with Gasteiger partial charge in [0.2, 0.25) is 0 Å². The molecule has 0 bridgehead atoms. The first-order valence-corrected chi connectivity index (χ1v) is 8.93. The Bertz CT molecular complexity index is 722. The molecule has 1 amide bonds. The molecule has 27 heavy (non-hydrogen) atoms. The van der Waals surface area contributed by atoms with E-state index in [9.17, 15) is 9.18 Å². The van der Waals surface area contributed by atoms with E-state index in [0.717, 1.165) is 11.3 Å². The van der Waals surface area contributed by atoms with Crippen molar-refractivity contribution in [3.05, 3.63) is 48.5 Å². The second-order valence-corrected chi connectivity index (χ2v) is 7.78. The van der Waals surface area contributed by atoms with Crippen molar-refractivity contribution in [3.63, 3.8) is 0 Å². The molecule has 1 N–H and O–H groups in total. The number of nitrogens with zero attached hydrogens (tertiary/aromatic N) is 2. The van der Waals surface area contributed by atoms with Gasteiger partial charge >= 0.3 is 6.09 Å². The van der Waals surface area contributed by atoms with E-state index >= 15 is 0 Å². The number of ether oxygens (including phenoxy) is 2. The van der Waals surface area contributed by atoms with Crippen LogP contribution in [0.5, 0.6) is 0 Å². The Morgan fingerprint density at radius 2 is 1.89 bits per heavy atom. The highest BCUT2D eigenvalue weighted by molar-refractivity contribution is 5.68. The Hall–Kier alpha value is -2.41. The molecule has 0 aliphatic rings. The normalized spacial score (nSPS) is 13.3. The maximum absolute atomic E-state index is 13.1. The molecule has 0 radical (unpaired) electrons. The van der Waals surface area contributed by atoms with Crippen molar-refractivity contribution in [2.24, 2.45) is 0 Å². The fourth-order valence-corrected chi connectivity index (χ4v) is 2.60. The summed E-state index contributed by atoms with van der Waals surface area (Å²) >= 11 is 0. The highest BCUT2D eigenvalue weighted by Gasteiger charge is 2.29. The van der Waals surface area contributed by atoms with Gasteiger partial charge in [-0.05, 0) is 52.3 Å². The lowest BCUT2D eigenvalue weighted by Crippen LogP contribution is -2.48. The number of carbonyl (C=O) groups excluding carboxylic acids is 1. The molecule has 0 aliphatic heterocycles. The van der Waals surface area contributed by atoms with Crippen LogP contribution in [-0.4, -0.2) is 33.6 Å². The second-order valence-electron chi connectivity index (χ2n) is 7.78. The fourth-order valence-electron chi connectivity index (χ4n) is 2.60. The number of hydrogen-bond acceptors (Lipinski definition) is 4. The van der Waals surface area contributed by atoms with E-state index in [1.807, 2.05) is 35.0 Å². The number of amides is 1. The molecule has 0 spiro atoms. The lowest BCUT2D eigenvalue weighted by Gasteiger charge is -2.32. The van der Waals surface area contributed by atoms with Crippen LogP contribution in [-0.2, 0) is 9.47 Å². The molecule has 1 heterocycles. The van der Waals surface area contributed by atoms with Crippen LogP contribution in [0.15, 0.2) is 43.0 Å². The Balaban J connectivity index is 2.08. The van der Waals surface area contributed by atoms with Crippen LogP contribution >= 0.6 is 0 Å². The average molecular weight is 377 g/mol. The molecule has 0 unspecified atom stereocenters. The van der Waals surface area contributed by atoms with Gasteiger partial charge in [-0.25, -0.2) is 9.78 Å². The molecular formula is C20H28FN3O3. The van der Waals surface area contributed by atoms with E-state index in [0.29, 0.717) is 0 Å². The molecule has 0 aliphatic carbocycles. The Kier molecular flexibility index (Phi) is 6.59. The van der Waals surface area contributed by atoms with Gasteiger partial charge in [-0.3, -0.25) is 9.71 Å². The summed E-state index contributed by atoms with van der Waals surface area (Å²) in [5.41, 5.74) is 0.143. The van der Waals surface area contributed by atoms with Gasteiger partial charge in [-0.15, -0.1) is 0 Å². The number of alkyl carbamates (subject to hydrolysis) is 1. The van der Waals surface area contributed by atoms with Gasteiger partial charge in [0.25, 0.3) is 0 Å². The number of halogens is 1. The van der Waals surface area contributed by atoms with Crippen LogP contribution in [0.25, 0.3) is 5.69 Å². The minimum absolute atomic E-state index is 0.184. The van der Waals surface area contributed by atoms with Crippen LogP contribution in [0, 0.1) is 0 Å². The average Bonchev–Trinajstić information content (AvgIpc) is 3.06. The van der Waals surface area contributed by atoms with Crippen LogP contribution in [0.2, 0.25) is 0 Å². The number of hydrogen-bond donors (Lipinski definition) is 1. The third-order valence-electron chi connectivity index (χ3n) is 3.68. The Morgan fingerprint density at radius 3 is 2.41 bits per heavy atom. The maximum Gasteiger partial charge on any atom is 0.409 e. The summed E-state index contributed by atoms with van der Waals surface area (Å²) in [5, 5.41) is 2.69. The molecule has 148 valence electrons. The van der Waals surface area contributed by atoms with Gasteiger partial charge in [-0.1, -0.05) is 12.1 Å². The van der Waals surface area contributed by atoms with Gasteiger partial charge < -0.3 is 14.0 Å². The predicted octanol–water partition coefficient (Wildman–Crippen LogP) is 4.55. The van der Waals surface area contributed by atoms with Crippen molar-refractivity contribution in [2.75, 3.05) is 6.67 Å². The standard InChI is InChI=1S/C20H28FN3O3/c1-19(2,3)27-18(25)23-20(4,5)26-17(10-11-21)15-6-8-16(9-7-15)24-13-12-22-14-24/h6-9,12-14,17H,10-11H2,1-5H3,(H,23,25)/t17-/m0/s1. The maximum atomic E-state index is 13.1. The first-order chi connectivity index (χ1) is 12.6. The lowest BCUT2D eigenvalue weighted by molar-refractivity contribution is -0.0979. The number of carbonyl (C=O) groups is 1. The third-order valence-corrected chi connectivity index (χ3v) is 3.68. The van der Waals surface area contributed by atoms with Gasteiger partial charge in [0.15, 0.2) is 0 Å². The Labute approximate surface area is 159 Å². The quantitative estimate of drug-likeness (QED) is 0.719. The summed E-state index contributed by atoms with van der Waals surface area (Å²) in [5.74, 6) is 0. The first kappa shape index (κ1) is 20.9. The van der Waals surface area contributed by atoms with Crippen LogP contribution < -0.4 is 5.32 Å². The largest absolute Gasteiger partial charge is 0.444 e. The van der Waals surface area contributed by atoms with E-state index in [4.69, 9.17) is 9.47 Å². The van der Waals surface area contributed by atoms with Gasteiger partial charge in [0.05, 0.1) is 19.1 Å². The number of nitrogens with one attached hydrogen (secondary N) is 1. The van der Waals surface area contributed by atoms with Crippen LogP contribution in [0.3, 0.4) is 0 Å². The number of rotatable bonds is 7. The summed E-state index contributed by atoms with van der Waals surface area (Å²) in [6.45, 7) is 8.25. The number of imidazole rings is 1. The predicted molar refractivity (Wildman–Crippen MR) is 101 cm³/mol. The molecule has 0 fully saturated rings. The van der Waals surface area contributed by atoms with Crippen LogP contribution in [0.4, 0.5) is 9.18 Å². The van der Waals surface area contributed by atoms with E-state index in [-0.39, 0.29) is 6.42 Å². The Morgan fingerprint density at radius 1 is 1.22 bits per heavy atom. The zero-order valence-corrected chi connectivity index (χ0v) is 16.5. The summed E-state index contributed by atoms with van der Waals surface area (Å²) in [7, 11) is 0. The van der Waals surface area contributed by atoms with Crippen molar-refractivity contribution in [1.82, 2.24) is 14.9 Å².